The first-order valence-electron chi connectivity index (χ1n) is 10.3. The Kier molecular flexibility index (Phi) is 3.75. The molecule has 30 heavy (non-hydrogen) atoms. The molecule has 0 amide bonds. The SMILES string of the molecule is O=C1O[C@]2(CC[C@H](c3nc4nc(-c5ccccc5)ncc4[nH]3)CC2)c2ccccc21. The minimum absolute atomic E-state index is 0.198. The van der Waals surface area contributed by atoms with E-state index in [0.29, 0.717) is 17.0 Å². The number of benzene rings is 2. The molecule has 0 unspecified atom stereocenters. The van der Waals surface area contributed by atoms with Crippen LogP contribution < -0.4 is 0 Å². The normalized spacial score (nSPS) is 22.9. The number of ether oxygens (including phenoxy) is 1. The first kappa shape index (κ1) is 17.3. The standard InChI is InChI=1S/C24H20N4O2/c29-23-17-8-4-5-9-18(17)24(30-23)12-10-16(11-13-24)21-26-19-14-25-20(27-22(19)28-21)15-6-2-1-3-7-15/h1-9,14,16H,10-13H2,(H,25,26,27,28)/t16-,24-. The van der Waals surface area contributed by atoms with Crippen LogP contribution in [-0.4, -0.2) is 25.9 Å². The molecule has 1 fully saturated rings. The van der Waals surface area contributed by atoms with Crippen LogP contribution in [0, 0.1) is 0 Å². The molecule has 4 aromatic rings. The number of carbonyl (C=O) groups excluding carboxylic acids is 1. The summed E-state index contributed by atoms with van der Waals surface area (Å²) < 4.78 is 5.88. The highest BCUT2D eigenvalue weighted by molar-refractivity contribution is 5.94. The maximum absolute atomic E-state index is 12.3. The summed E-state index contributed by atoms with van der Waals surface area (Å²) in [6, 6.07) is 17.7. The second-order valence-electron chi connectivity index (χ2n) is 8.12. The Labute approximate surface area is 173 Å². The van der Waals surface area contributed by atoms with Gasteiger partial charge in [-0.1, -0.05) is 48.5 Å². The molecule has 2 aromatic heterocycles. The zero-order valence-electron chi connectivity index (χ0n) is 16.3. The van der Waals surface area contributed by atoms with E-state index in [1.54, 1.807) is 6.20 Å². The van der Waals surface area contributed by atoms with Gasteiger partial charge < -0.3 is 9.72 Å². The largest absolute Gasteiger partial charge is 0.451 e. The Morgan fingerprint density at radius 3 is 2.57 bits per heavy atom. The summed E-state index contributed by atoms with van der Waals surface area (Å²) in [6.07, 6.45) is 5.22. The monoisotopic (exact) mass is 396 g/mol. The van der Waals surface area contributed by atoms with Gasteiger partial charge >= 0.3 is 5.97 Å². The van der Waals surface area contributed by atoms with Crippen LogP contribution in [0.2, 0.25) is 0 Å². The van der Waals surface area contributed by atoms with Crippen molar-refractivity contribution in [2.45, 2.75) is 37.2 Å². The van der Waals surface area contributed by atoms with Gasteiger partial charge in [-0.25, -0.2) is 19.7 Å². The number of esters is 1. The van der Waals surface area contributed by atoms with Crippen LogP contribution in [-0.2, 0) is 10.3 Å². The Morgan fingerprint density at radius 2 is 1.73 bits per heavy atom. The predicted molar refractivity (Wildman–Crippen MR) is 112 cm³/mol. The van der Waals surface area contributed by atoms with Crippen LogP contribution in [0.1, 0.15) is 53.3 Å². The second kappa shape index (κ2) is 6.49. The average molecular weight is 396 g/mol. The number of fused-ring (bicyclic) bond motifs is 3. The van der Waals surface area contributed by atoms with Crippen molar-refractivity contribution in [3.63, 3.8) is 0 Å². The van der Waals surface area contributed by atoms with Gasteiger partial charge in [-0.05, 0) is 31.7 Å². The lowest BCUT2D eigenvalue weighted by molar-refractivity contribution is -0.0312. The van der Waals surface area contributed by atoms with Crippen molar-refractivity contribution >= 4 is 17.1 Å². The summed E-state index contributed by atoms with van der Waals surface area (Å²) in [4.78, 5) is 29.6. The molecule has 0 atom stereocenters. The van der Waals surface area contributed by atoms with E-state index in [0.717, 1.165) is 48.2 Å². The third-order valence-corrected chi connectivity index (χ3v) is 6.40. The van der Waals surface area contributed by atoms with E-state index < -0.39 is 5.60 Å². The van der Waals surface area contributed by atoms with Crippen molar-refractivity contribution in [3.05, 3.63) is 77.7 Å². The maximum Gasteiger partial charge on any atom is 0.339 e. The molecule has 148 valence electrons. The number of nitrogens with one attached hydrogen (secondary N) is 1. The molecule has 1 saturated carbocycles. The first-order valence-corrected chi connectivity index (χ1v) is 10.3. The van der Waals surface area contributed by atoms with E-state index in [2.05, 4.69) is 15.0 Å². The van der Waals surface area contributed by atoms with Gasteiger partial charge in [0.1, 0.15) is 16.9 Å². The molecule has 0 bridgehead atoms. The lowest BCUT2D eigenvalue weighted by Gasteiger charge is -2.35. The lowest BCUT2D eigenvalue weighted by Crippen LogP contribution is -2.31. The number of nitrogens with zero attached hydrogens (tertiary/aromatic N) is 3. The average Bonchev–Trinajstić information content (AvgIpc) is 3.34. The lowest BCUT2D eigenvalue weighted by atomic mass is 9.75. The Morgan fingerprint density at radius 1 is 0.967 bits per heavy atom. The molecule has 1 aliphatic carbocycles. The molecule has 2 aliphatic rings. The maximum atomic E-state index is 12.3. The van der Waals surface area contributed by atoms with E-state index in [4.69, 9.17) is 9.72 Å². The van der Waals surface area contributed by atoms with Crippen LogP contribution in [0.3, 0.4) is 0 Å². The molecule has 2 aromatic carbocycles. The molecule has 6 heteroatoms. The van der Waals surface area contributed by atoms with Crippen molar-refractivity contribution in [1.82, 2.24) is 19.9 Å². The smallest absolute Gasteiger partial charge is 0.339 e. The van der Waals surface area contributed by atoms with Crippen LogP contribution in [0.4, 0.5) is 0 Å². The topological polar surface area (TPSA) is 80.8 Å². The molecular weight excluding hydrogens is 376 g/mol. The Balaban J connectivity index is 1.26. The Bertz CT molecular complexity index is 1260. The zero-order valence-corrected chi connectivity index (χ0v) is 16.3. The molecule has 1 aliphatic heterocycles. The van der Waals surface area contributed by atoms with Crippen molar-refractivity contribution in [1.29, 1.82) is 0 Å². The summed E-state index contributed by atoms with van der Waals surface area (Å²) in [6.45, 7) is 0. The van der Waals surface area contributed by atoms with E-state index in [-0.39, 0.29) is 11.9 Å². The summed E-state index contributed by atoms with van der Waals surface area (Å²) in [5.74, 6) is 1.71. The molecule has 1 spiro atoms. The van der Waals surface area contributed by atoms with E-state index in [1.165, 1.54) is 0 Å². The van der Waals surface area contributed by atoms with Crippen molar-refractivity contribution in [3.8, 4) is 11.4 Å². The number of imidazole rings is 1. The third-order valence-electron chi connectivity index (χ3n) is 6.40. The molecule has 6 nitrogen and oxygen atoms in total. The van der Waals surface area contributed by atoms with Gasteiger partial charge in [0.05, 0.1) is 11.8 Å². The molecule has 0 radical (unpaired) electrons. The number of hydrogen-bond acceptors (Lipinski definition) is 5. The molecular formula is C24H20N4O2. The zero-order chi connectivity index (χ0) is 20.1. The van der Waals surface area contributed by atoms with Crippen LogP contribution >= 0.6 is 0 Å². The minimum atomic E-state index is -0.476. The number of H-pyrrole nitrogens is 1. The van der Waals surface area contributed by atoms with E-state index in [1.807, 2.05) is 54.6 Å². The highest BCUT2D eigenvalue weighted by Gasteiger charge is 2.47. The summed E-state index contributed by atoms with van der Waals surface area (Å²) >= 11 is 0. The fourth-order valence-corrected chi connectivity index (χ4v) is 4.82. The van der Waals surface area contributed by atoms with Crippen LogP contribution in [0.5, 0.6) is 0 Å². The van der Waals surface area contributed by atoms with Gasteiger partial charge in [0.25, 0.3) is 0 Å². The highest BCUT2D eigenvalue weighted by Crippen LogP contribution is 2.49. The summed E-state index contributed by atoms with van der Waals surface area (Å²) in [7, 11) is 0. The fraction of sp³-hybridized carbons (Fsp3) is 0.250. The number of hydrogen-bond donors (Lipinski definition) is 1. The van der Waals surface area contributed by atoms with Gasteiger partial charge in [0.2, 0.25) is 0 Å². The van der Waals surface area contributed by atoms with Crippen molar-refractivity contribution < 1.29 is 9.53 Å². The van der Waals surface area contributed by atoms with Gasteiger partial charge in [-0.2, -0.15) is 0 Å². The summed E-state index contributed by atoms with van der Waals surface area (Å²) in [5, 5.41) is 0. The van der Waals surface area contributed by atoms with E-state index >= 15 is 0 Å². The van der Waals surface area contributed by atoms with Crippen molar-refractivity contribution in [2.24, 2.45) is 0 Å². The molecule has 0 saturated heterocycles. The number of aromatic amines is 1. The minimum Gasteiger partial charge on any atom is -0.451 e. The quantitative estimate of drug-likeness (QED) is 0.495. The number of aromatic nitrogens is 4. The number of carbonyl (C=O) groups is 1. The Hall–Kier alpha value is -3.54. The van der Waals surface area contributed by atoms with Gasteiger partial charge in [-0.3, -0.25) is 0 Å². The van der Waals surface area contributed by atoms with Crippen LogP contribution in [0.25, 0.3) is 22.6 Å². The predicted octanol–water partition coefficient (Wildman–Crippen LogP) is 4.74. The number of rotatable bonds is 2. The van der Waals surface area contributed by atoms with E-state index in [9.17, 15) is 4.79 Å². The van der Waals surface area contributed by atoms with Crippen molar-refractivity contribution in [2.75, 3.05) is 0 Å². The van der Waals surface area contributed by atoms with Crippen LogP contribution in [0.15, 0.2) is 60.8 Å². The molecule has 6 rings (SSSR count). The first-order chi connectivity index (χ1) is 14.7. The fourth-order valence-electron chi connectivity index (χ4n) is 4.82. The molecule has 1 N–H and O–H groups in total. The highest BCUT2D eigenvalue weighted by atomic mass is 16.6. The van der Waals surface area contributed by atoms with Gasteiger partial charge in [0.15, 0.2) is 11.5 Å². The van der Waals surface area contributed by atoms with Gasteiger partial charge in [0, 0.05) is 17.0 Å². The van der Waals surface area contributed by atoms with Gasteiger partial charge in [-0.15, -0.1) is 0 Å². The molecule has 3 heterocycles. The summed E-state index contributed by atoms with van der Waals surface area (Å²) in [5.41, 5.74) is 3.79. The second-order valence-corrected chi connectivity index (χ2v) is 8.12. The third kappa shape index (κ3) is 2.64.